The lowest BCUT2D eigenvalue weighted by molar-refractivity contribution is -0.122. The summed E-state index contributed by atoms with van der Waals surface area (Å²) in [6.07, 6.45) is 1.59. The molecule has 1 aromatic heterocycles. The topological polar surface area (TPSA) is 104 Å². The highest BCUT2D eigenvalue weighted by Gasteiger charge is 2.09. The van der Waals surface area contributed by atoms with E-state index in [1.165, 1.54) is 6.07 Å². The van der Waals surface area contributed by atoms with Gasteiger partial charge in [0.25, 0.3) is 5.56 Å². The zero-order valence-electron chi connectivity index (χ0n) is 15.1. The Labute approximate surface area is 169 Å². The molecular weight excluding hydrogens is 432 g/mol. The SMILES string of the molecule is CCCc1cc(=O)[nH]c(SCC(=O)NCC(=O)Nc2ccc(Br)cc2C)n1. The van der Waals surface area contributed by atoms with Crippen molar-refractivity contribution in [1.82, 2.24) is 15.3 Å². The molecule has 0 aliphatic heterocycles. The Morgan fingerprint density at radius 3 is 2.74 bits per heavy atom. The van der Waals surface area contributed by atoms with E-state index in [2.05, 4.69) is 36.5 Å². The monoisotopic (exact) mass is 452 g/mol. The maximum Gasteiger partial charge on any atom is 0.251 e. The number of aryl methyl sites for hydroxylation is 2. The predicted molar refractivity (Wildman–Crippen MR) is 110 cm³/mol. The lowest BCUT2D eigenvalue weighted by Gasteiger charge is -2.09. The minimum absolute atomic E-state index is 0.0586. The summed E-state index contributed by atoms with van der Waals surface area (Å²) in [5.41, 5.74) is 2.08. The maximum atomic E-state index is 12.0. The van der Waals surface area contributed by atoms with Crippen LogP contribution in [0.2, 0.25) is 0 Å². The third-order valence-corrected chi connectivity index (χ3v) is 4.89. The van der Waals surface area contributed by atoms with Gasteiger partial charge >= 0.3 is 0 Å². The van der Waals surface area contributed by atoms with Gasteiger partial charge in [-0.05, 0) is 37.1 Å². The molecule has 0 saturated heterocycles. The Morgan fingerprint density at radius 1 is 1.26 bits per heavy atom. The molecule has 7 nitrogen and oxygen atoms in total. The molecule has 0 saturated carbocycles. The Morgan fingerprint density at radius 2 is 2.04 bits per heavy atom. The van der Waals surface area contributed by atoms with E-state index in [0.29, 0.717) is 23.0 Å². The largest absolute Gasteiger partial charge is 0.346 e. The molecule has 1 heterocycles. The molecule has 0 atom stereocenters. The summed E-state index contributed by atoms with van der Waals surface area (Å²) in [5.74, 6) is -0.565. The molecule has 2 amide bonds. The van der Waals surface area contributed by atoms with Crippen molar-refractivity contribution in [2.24, 2.45) is 0 Å². The van der Waals surface area contributed by atoms with Crippen molar-refractivity contribution < 1.29 is 9.59 Å². The molecule has 0 aliphatic rings. The molecule has 144 valence electrons. The standard InChI is InChI=1S/C18H21BrN4O3S/c1-3-4-13-8-15(24)23-18(21-13)27-10-17(26)20-9-16(25)22-14-6-5-12(19)7-11(14)2/h5-8H,3-4,9-10H2,1-2H3,(H,20,26)(H,22,25)(H,21,23,24). The number of aromatic amines is 1. The number of carbonyl (C=O) groups excluding carboxylic acids is 2. The van der Waals surface area contributed by atoms with E-state index in [0.717, 1.165) is 28.2 Å². The maximum absolute atomic E-state index is 12.0. The summed E-state index contributed by atoms with van der Waals surface area (Å²) >= 11 is 4.49. The van der Waals surface area contributed by atoms with Gasteiger partial charge in [0.05, 0.1) is 12.3 Å². The van der Waals surface area contributed by atoms with E-state index in [1.807, 2.05) is 26.0 Å². The zero-order valence-corrected chi connectivity index (χ0v) is 17.5. The number of aromatic nitrogens is 2. The molecule has 0 bridgehead atoms. The number of hydrogen-bond acceptors (Lipinski definition) is 5. The zero-order chi connectivity index (χ0) is 19.8. The number of nitrogens with one attached hydrogen (secondary N) is 3. The molecule has 2 aromatic rings. The molecule has 0 aliphatic carbocycles. The first kappa shape index (κ1) is 21.2. The van der Waals surface area contributed by atoms with Gasteiger partial charge in [-0.25, -0.2) is 4.98 Å². The molecule has 0 spiro atoms. The normalized spacial score (nSPS) is 10.5. The molecule has 1 aromatic carbocycles. The number of benzene rings is 1. The molecule has 2 rings (SSSR count). The molecule has 27 heavy (non-hydrogen) atoms. The number of anilines is 1. The summed E-state index contributed by atoms with van der Waals surface area (Å²) in [5, 5.41) is 5.71. The minimum atomic E-state index is -0.314. The first-order chi connectivity index (χ1) is 12.9. The van der Waals surface area contributed by atoms with E-state index < -0.39 is 0 Å². The summed E-state index contributed by atoms with van der Waals surface area (Å²) in [7, 11) is 0. The van der Waals surface area contributed by atoms with Crippen LogP contribution >= 0.6 is 27.7 Å². The van der Waals surface area contributed by atoms with Crippen LogP contribution < -0.4 is 16.2 Å². The summed E-state index contributed by atoms with van der Waals surface area (Å²) in [4.78, 5) is 42.4. The van der Waals surface area contributed by atoms with Crippen LogP contribution in [-0.2, 0) is 16.0 Å². The Kier molecular flexibility index (Phi) is 8.05. The van der Waals surface area contributed by atoms with E-state index in [9.17, 15) is 14.4 Å². The lowest BCUT2D eigenvalue weighted by Crippen LogP contribution is -2.34. The van der Waals surface area contributed by atoms with Crippen LogP contribution in [0.15, 0.2) is 38.7 Å². The fourth-order valence-corrected chi connectivity index (χ4v) is 3.46. The summed E-state index contributed by atoms with van der Waals surface area (Å²) < 4.78 is 0.929. The minimum Gasteiger partial charge on any atom is -0.346 e. The van der Waals surface area contributed by atoms with Gasteiger partial charge < -0.3 is 15.6 Å². The van der Waals surface area contributed by atoms with E-state index in [1.54, 1.807) is 6.07 Å². The highest BCUT2D eigenvalue weighted by molar-refractivity contribution is 9.10. The number of amides is 2. The van der Waals surface area contributed by atoms with Gasteiger partial charge in [-0.1, -0.05) is 41.0 Å². The molecular formula is C18H21BrN4O3S. The van der Waals surface area contributed by atoms with Crippen LogP contribution in [0.5, 0.6) is 0 Å². The summed E-state index contributed by atoms with van der Waals surface area (Å²) in [6, 6.07) is 6.98. The second-order valence-corrected chi connectivity index (χ2v) is 7.74. The van der Waals surface area contributed by atoms with Gasteiger partial charge in [0.15, 0.2) is 5.16 Å². The van der Waals surface area contributed by atoms with Crippen molar-refractivity contribution in [2.75, 3.05) is 17.6 Å². The van der Waals surface area contributed by atoms with Crippen LogP contribution in [0.25, 0.3) is 0 Å². The third kappa shape index (κ3) is 7.18. The fraction of sp³-hybridized carbons (Fsp3) is 0.333. The van der Waals surface area contributed by atoms with Gasteiger partial charge in [-0.3, -0.25) is 14.4 Å². The van der Waals surface area contributed by atoms with Crippen molar-refractivity contribution in [3.63, 3.8) is 0 Å². The smallest absolute Gasteiger partial charge is 0.251 e. The van der Waals surface area contributed by atoms with E-state index >= 15 is 0 Å². The molecule has 3 N–H and O–H groups in total. The first-order valence-corrected chi connectivity index (χ1v) is 10.2. The number of nitrogens with zero attached hydrogens (tertiary/aromatic N) is 1. The lowest BCUT2D eigenvalue weighted by atomic mass is 10.2. The average Bonchev–Trinajstić information content (AvgIpc) is 2.60. The molecule has 0 fully saturated rings. The quantitative estimate of drug-likeness (QED) is 0.421. The highest BCUT2D eigenvalue weighted by atomic mass is 79.9. The predicted octanol–water partition coefficient (Wildman–Crippen LogP) is 2.64. The average molecular weight is 453 g/mol. The van der Waals surface area contributed by atoms with Crippen LogP contribution in [0.3, 0.4) is 0 Å². The van der Waals surface area contributed by atoms with E-state index in [4.69, 9.17) is 0 Å². The molecule has 0 radical (unpaired) electrons. The van der Waals surface area contributed by atoms with Gasteiger partial charge in [0.1, 0.15) is 0 Å². The summed E-state index contributed by atoms with van der Waals surface area (Å²) in [6.45, 7) is 3.76. The Balaban J connectivity index is 1.80. The van der Waals surface area contributed by atoms with Gasteiger partial charge in [0, 0.05) is 21.9 Å². The van der Waals surface area contributed by atoms with Gasteiger partial charge in [-0.15, -0.1) is 0 Å². The van der Waals surface area contributed by atoms with Crippen molar-refractivity contribution in [3.8, 4) is 0 Å². The number of halogens is 1. The van der Waals surface area contributed by atoms with Crippen molar-refractivity contribution in [3.05, 3.63) is 50.3 Å². The van der Waals surface area contributed by atoms with Crippen LogP contribution in [0.1, 0.15) is 24.6 Å². The number of hydrogen-bond donors (Lipinski definition) is 3. The molecule has 0 unspecified atom stereocenters. The second-order valence-electron chi connectivity index (χ2n) is 5.86. The fourth-order valence-electron chi connectivity index (χ4n) is 2.26. The van der Waals surface area contributed by atoms with Crippen molar-refractivity contribution >= 4 is 45.2 Å². The Hall–Kier alpha value is -2.13. The number of H-pyrrole nitrogens is 1. The number of rotatable bonds is 8. The molecule has 9 heteroatoms. The highest BCUT2D eigenvalue weighted by Crippen LogP contribution is 2.19. The first-order valence-electron chi connectivity index (χ1n) is 8.43. The Bertz CT molecular complexity index is 885. The second kappa shape index (κ2) is 10.3. The number of thioether (sulfide) groups is 1. The van der Waals surface area contributed by atoms with Crippen molar-refractivity contribution in [1.29, 1.82) is 0 Å². The van der Waals surface area contributed by atoms with E-state index in [-0.39, 0.29) is 29.7 Å². The number of carbonyl (C=O) groups is 2. The van der Waals surface area contributed by atoms with Crippen molar-refractivity contribution in [2.45, 2.75) is 31.8 Å². The van der Waals surface area contributed by atoms with Gasteiger partial charge in [-0.2, -0.15) is 0 Å². The van der Waals surface area contributed by atoms with Crippen LogP contribution in [0.4, 0.5) is 5.69 Å². The van der Waals surface area contributed by atoms with Crippen LogP contribution in [-0.4, -0.2) is 34.1 Å². The van der Waals surface area contributed by atoms with Crippen LogP contribution in [0, 0.1) is 6.92 Å². The van der Waals surface area contributed by atoms with Gasteiger partial charge in [0.2, 0.25) is 11.8 Å². The third-order valence-electron chi connectivity index (χ3n) is 3.53.